The number of carbonyl (C=O) groups excluding carboxylic acids is 1. The van der Waals surface area contributed by atoms with Crippen molar-refractivity contribution in [3.8, 4) is 0 Å². The Labute approximate surface area is 95.4 Å². The fourth-order valence-electron chi connectivity index (χ4n) is 2.14. The lowest BCUT2D eigenvalue weighted by atomic mass is 10.1. The first-order valence-corrected chi connectivity index (χ1v) is 6.87. The number of hydrogen-bond donors (Lipinski definition) is 0. The van der Waals surface area contributed by atoms with Crippen LogP contribution < -0.4 is 0 Å². The molecule has 4 heteroatoms. The molecule has 1 aromatic rings. The van der Waals surface area contributed by atoms with Gasteiger partial charge < -0.3 is 0 Å². The lowest BCUT2D eigenvalue weighted by Crippen LogP contribution is -2.16. The van der Waals surface area contributed by atoms with Crippen molar-refractivity contribution in [3.63, 3.8) is 0 Å². The Balaban J connectivity index is 2.20. The van der Waals surface area contributed by atoms with Gasteiger partial charge in [0.2, 0.25) is 0 Å². The molecule has 1 aliphatic heterocycles. The van der Waals surface area contributed by atoms with Crippen LogP contribution in [0.4, 0.5) is 0 Å². The monoisotopic (exact) mass is 237 g/mol. The van der Waals surface area contributed by atoms with Crippen LogP contribution in [0.3, 0.4) is 0 Å². The van der Waals surface area contributed by atoms with Crippen LogP contribution in [0.2, 0.25) is 0 Å². The Kier molecular flexibility index (Phi) is 3.10. The van der Waals surface area contributed by atoms with Gasteiger partial charge in [0.15, 0.2) is 16.1 Å². The van der Waals surface area contributed by atoms with Gasteiger partial charge in [-0.05, 0) is 30.9 Å². The molecular weight excluding hydrogens is 224 g/mol. The van der Waals surface area contributed by atoms with Gasteiger partial charge in [0.1, 0.15) is 0 Å². The lowest BCUT2D eigenvalue weighted by molar-refractivity contribution is 0.542. The van der Waals surface area contributed by atoms with E-state index in [2.05, 4.69) is 0 Å². The second kappa shape index (κ2) is 4.37. The number of fused-ring (bicyclic) bond motifs is 1. The van der Waals surface area contributed by atoms with E-state index in [4.69, 9.17) is 0 Å². The first kappa shape index (κ1) is 11.3. The van der Waals surface area contributed by atoms with Crippen molar-refractivity contribution in [2.45, 2.75) is 35.8 Å². The molecule has 1 heterocycles. The zero-order valence-corrected chi connectivity index (χ0v) is 9.66. The van der Waals surface area contributed by atoms with Crippen molar-refractivity contribution in [2.24, 2.45) is 0 Å². The molecule has 0 amide bonds. The maximum absolute atomic E-state index is 12.1. The van der Waals surface area contributed by atoms with Gasteiger partial charge in [-0.15, -0.1) is 0 Å². The fourth-order valence-corrected chi connectivity index (χ4v) is 4.16. The highest BCUT2D eigenvalue weighted by molar-refractivity contribution is 7.92. The standard InChI is InChI=1S/C12H13O3S/c13-8-4-3-6-11-9-10-5-1-2-7-12(10)16(11,14)15/h1-2,5,7,11H,3-4,6,9H2. The average molecular weight is 237 g/mol. The van der Waals surface area contributed by atoms with E-state index in [0.29, 0.717) is 30.6 Å². The Morgan fingerprint density at radius 1 is 1.31 bits per heavy atom. The summed E-state index contributed by atoms with van der Waals surface area (Å²) in [5.41, 5.74) is 0.905. The van der Waals surface area contributed by atoms with Crippen LogP contribution in [0.15, 0.2) is 29.2 Å². The molecule has 1 aliphatic rings. The largest absolute Gasteiger partial charge is 0.291 e. The highest BCUT2D eigenvalue weighted by Crippen LogP contribution is 2.33. The van der Waals surface area contributed by atoms with E-state index in [9.17, 15) is 13.2 Å². The van der Waals surface area contributed by atoms with Gasteiger partial charge in [-0.3, -0.25) is 4.79 Å². The Hall–Kier alpha value is -1.16. The van der Waals surface area contributed by atoms with Crippen LogP contribution in [0, 0.1) is 0 Å². The number of benzene rings is 1. The second-order valence-electron chi connectivity index (χ2n) is 4.02. The van der Waals surface area contributed by atoms with Gasteiger partial charge in [0.25, 0.3) is 0 Å². The SMILES string of the molecule is O=[C]CCCC1Cc2ccccc2S1(=O)=O. The average Bonchev–Trinajstić information content (AvgIpc) is 2.52. The molecule has 0 aliphatic carbocycles. The highest BCUT2D eigenvalue weighted by atomic mass is 32.2. The minimum absolute atomic E-state index is 0.322. The fraction of sp³-hybridized carbons (Fsp3) is 0.417. The molecule has 2 rings (SSSR count). The van der Waals surface area contributed by atoms with Gasteiger partial charge in [-0.2, -0.15) is 0 Å². The van der Waals surface area contributed by atoms with Gasteiger partial charge >= 0.3 is 0 Å². The van der Waals surface area contributed by atoms with Crippen molar-refractivity contribution in [2.75, 3.05) is 0 Å². The summed E-state index contributed by atoms with van der Waals surface area (Å²) < 4.78 is 24.2. The van der Waals surface area contributed by atoms with E-state index in [1.807, 2.05) is 12.1 Å². The summed E-state index contributed by atoms with van der Waals surface area (Å²) in [5.74, 6) is 0. The predicted octanol–water partition coefficient (Wildman–Crippen LogP) is 1.67. The zero-order valence-electron chi connectivity index (χ0n) is 8.85. The number of rotatable bonds is 4. The molecule has 0 saturated carbocycles. The highest BCUT2D eigenvalue weighted by Gasteiger charge is 2.35. The quantitative estimate of drug-likeness (QED) is 0.748. The van der Waals surface area contributed by atoms with E-state index in [0.717, 1.165) is 5.56 Å². The summed E-state index contributed by atoms with van der Waals surface area (Å²) in [6.45, 7) is 0. The van der Waals surface area contributed by atoms with Crippen LogP contribution in [-0.2, 0) is 21.1 Å². The number of hydrogen-bond acceptors (Lipinski definition) is 3. The minimum atomic E-state index is -3.16. The molecule has 16 heavy (non-hydrogen) atoms. The van der Waals surface area contributed by atoms with E-state index in [-0.39, 0.29) is 5.25 Å². The maximum atomic E-state index is 12.1. The van der Waals surface area contributed by atoms with Crippen LogP contribution in [0.1, 0.15) is 24.8 Å². The summed E-state index contributed by atoms with van der Waals surface area (Å²) >= 11 is 0. The summed E-state index contributed by atoms with van der Waals surface area (Å²) in [7, 11) is -3.16. The van der Waals surface area contributed by atoms with Crippen molar-refractivity contribution in [1.82, 2.24) is 0 Å². The maximum Gasteiger partial charge on any atom is 0.198 e. The van der Waals surface area contributed by atoms with E-state index in [1.54, 1.807) is 18.4 Å². The third kappa shape index (κ3) is 1.89. The summed E-state index contributed by atoms with van der Waals surface area (Å²) in [6, 6.07) is 7.13. The Bertz CT molecular complexity index is 491. The van der Waals surface area contributed by atoms with E-state index >= 15 is 0 Å². The normalized spacial score (nSPS) is 21.6. The number of sulfone groups is 1. The van der Waals surface area contributed by atoms with Crippen LogP contribution in [0.25, 0.3) is 0 Å². The van der Waals surface area contributed by atoms with Gasteiger partial charge in [0, 0.05) is 6.42 Å². The van der Waals surface area contributed by atoms with Crippen LogP contribution in [0.5, 0.6) is 0 Å². The molecule has 0 saturated heterocycles. The molecule has 1 unspecified atom stereocenters. The van der Waals surface area contributed by atoms with Crippen molar-refractivity contribution < 1.29 is 13.2 Å². The van der Waals surface area contributed by atoms with Gasteiger partial charge in [0.05, 0.1) is 10.1 Å². The molecule has 1 atom stereocenters. The summed E-state index contributed by atoms with van der Waals surface area (Å²) in [6.07, 6.45) is 3.84. The third-order valence-electron chi connectivity index (χ3n) is 2.97. The molecule has 0 aromatic heterocycles. The first-order chi connectivity index (χ1) is 7.66. The second-order valence-corrected chi connectivity index (χ2v) is 6.21. The Morgan fingerprint density at radius 2 is 2.06 bits per heavy atom. The van der Waals surface area contributed by atoms with E-state index in [1.165, 1.54) is 0 Å². The van der Waals surface area contributed by atoms with Gasteiger partial charge in [-0.1, -0.05) is 18.2 Å². The smallest absolute Gasteiger partial charge is 0.198 e. The van der Waals surface area contributed by atoms with E-state index < -0.39 is 9.84 Å². The zero-order chi connectivity index (χ0) is 11.6. The third-order valence-corrected chi connectivity index (χ3v) is 5.26. The van der Waals surface area contributed by atoms with Crippen LogP contribution >= 0.6 is 0 Å². The topological polar surface area (TPSA) is 51.2 Å². The molecule has 0 fully saturated rings. The molecule has 1 radical (unpaired) electrons. The molecule has 0 spiro atoms. The lowest BCUT2D eigenvalue weighted by Gasteiger charge is -2.07. The Morgan fingerprint density at radius 3 is 2.75 bits per heavy atom. The molecule has 0 N–H and O–H groups in total. The molecule has 3 nitrogen and oxygen atoms in total. The van der Waals surface area contributed by atoms with Crippen LogP contribution in [-0.4, -0.2) is 20.0 Å². The first-order valence-electron chi connectivity index (χ1n) is 5.33. The molecular formula is C12H13O3S. The predicted molar refractivity (Wildman–Crippen MR) is 60.7 cm³/mol. The summed E-state index contributed by atoms with van der Waals surface area (Å²) in [4.78, 5) is 10.6. The molecule has 1 aromatic carbocycles. The van der Waals surface area contributed by atoms with Crippen molar-refractivity contribution in [3.05, 3.63) is 29.8 Å². The summed E-state index contributed by atoms with van der Waals surface area (Å²) in [5, 5.41) is -0.349. The molecule has 0 bridgehead atoms. The van der Waals surface area contributed by atoms with Crippen molar-refractivity contribution >= 4 is 16.1 Å². The minimum Gasteiger partial charge on any atom is -0.291 e. The van der Waals surface area contributed by atoms with Gasteiger partial charge in [-0.25, -0.2) is 8.42 Å². The molecule has 85 valence electrons. The van der Waals surface area contributed by atoms with Crippen molar-refractivity contribution in [1.29, 1.82) is 0 Å². The number of unbranched alkanes of at least 4 members (excludes halogenated alkanes) is 1.